The molecule has 0 aromatic heterocycles. The number of hydrogen-bond donors (Lipinski definition) is 0. The van der Waals surface area contributed by atoms with Crippen LogP contribution in [-0.4, -0.2) is 17.9 Å². The van der Waals surface area contributed by atoms with E-state index >= 15 is 0 Å². The van der Waals surface area contributed by atoms with Gasteiger partial charge in [0.15, 0.2) is 0 Å². The average molecular weight is 260 g/mol. The van der Waals surface area contributed by atoms with Crippen LogP contribution >= 0.6 is 0 Å². The fourth-order valence-corrected chi connectivity index (χ4v) is 1.61. The zero-order valence-electron chi connectivity index (χ0n) is 11.7. The fourth-order valence-electron chi connectivity index (χ4n) is 1.61. The minimum absolute atomic E-state index is 0.254. The van der Waals surface area contributed by atoms with Gasteiger partial charge in [0.25, 0.3) is 5.78 Å². The number of Topliss-reactive ketones (excluding diaryl/α,β-unsaturated/α-hetero) is 1. The van der Waals surface area contributed by atoms with Crippen LogP contribution in [0.25, 0.3) is 0 Å². The van der Waals surface area contributed by atoms with Crippen molar-refractivity contribution in [3.05, 3.63) is 47.5 Å². The summed E-state index contributed by atoms with van der Waals surface area (Å²) < 4.78 is 5.13. The second-order valence-electron chi connectivity index (χ2n) is 4.77. The number of hydrogen-bond acceptors (Lipinski definition) is 3. The zero-order valence-corrected chi connectivity index (χ0v) is 11.7. The van der Waals surface area contributed by atoms with Crippen LogP contribution in [0.4, 0.5) is 0 Å². The summed E-state index contributed by atoms with van der Waals surface area (Å²) in [5, 5.41) is 0. The van der Waals surface area contributed by atoms with Crippen LogP contribution in [0, 0.1) is 0 Å². The van der Waals surface area contributed by atoms with E-state index in [0.717, 1.165) is 12.8 Å². The minimum Gasteiger partial charge on any atom is -0.457 e. The highest BCUT2D eigenvalue weighted by molar-refractivity contribution is 6.40. The Morgan fingerprint density at radius 3 is 2.42 bits per heavy atom. The van der Waals surface area contributed by atoms with Gasteiger partial charge in [-0.15, -0.1) is 0 Å². The summed E-state index contributed by atoms with van der Waals surface area (Å²) in [5.41, 5.74) is 1.60. The van der Waals surface area contributed by atoms with Crippen LogP contribution in [0.2, 0.25) is 0 Å². The molecular weight excluding hydrogens is 240 g/mol. The van der Waals surface area contributed by atoms with Gasteiger partial charge in [-0.1, -0.05) is 42.0 Å². The van der Waals surface area contributed by atoms with Crippen molar-refractivity contribution in [2.45, 2.75) is 39.7 Å². The van der Waals surface area contributed by atoms with Crippen LogP contribution in [-0.2, 0) is 9.53 Å². The monoisotopic (exact) mass is 260 g/mol. The number of carbonyl (C=O) groups is 2. The topological polar surface area (TPSA) is 43.4 Å². The lowest BCUT2D eigenvalue weighted by molar-refractivity contribution is -0.142. The second kappa shape index (κ2) is 7.52. The molecule has 0 saturated heterocycles. The van der Waals surface area contributed by atoms with E-state index in [2.05, 4.69) is 6.08 Å². The third-order valence-electron chi connectivity index (χ3n) is 2.66. The lowest BCUT2D eigenvalue weighted by Gasteiger charge is -2.11. The first-order valence-corrected chi connectivity index (χ1v) is 6.44. The number of carbonyl (C=O) groups excluding carboxylic acids is 2. The molecule has 1 atom stereocenters. The summed E-state index contributed by atoms with van der Waals surface area (Å²) in [7, 11) is 0. The van der Waals surface area contributed by atoms with Crippen LogP contribution in [0.1, 0.15) is 44.0 Å². The molecule has 0 heterocycles. The second-order valence-corrected chi connectivity index (χ2v) is 4.77. The molecule has 0 fully saturated rings. The van der Waals surface area contributed by atoms with Gasteiger partial charge in [0.1, 0.15) is 0 Å². The van der Waals surface area contributed by atoms with Crippen molar-refractivity contribution in [1.29, 1.82) is 0 Å². The van der Waals surface area contributed by atoms with Crippen LogP contribution in [0.15, 0.2) is 42.0 Å². The highest BCUT2D eigenvalue weighted by Crippen LogP contribution is 2.07. The summed E-state index contributed by atoms with van der Waals surface area (Å²) in [6.45, 7) is 5.85. The SMILES string of the molecule is CC(C)=CCCC(C)OC(=O)C(=O)c1ccccc1. The molecule has 0 radical (unpaired) electrons. The number of ketones is 1. The molecule has 3 heteroatoms. The number of benzene rings is 1. The molecule has 1 rings (SSSR count). The Balaban J connectivity index is 2.46. The predicted octanol–water partition coefficient (Wildman–Crippen LogP) is 3.55. The standard InChI is InChI=1S/C16H20O3/c1-12(2)8-7-9-13(3)19-16(18)15(17)14-10-5-4-6-11-14/h4-6,8,10-11,13H,7,9H2,1-3H3. The van der Waals surface area contributed by atoms with Gasteiger partial charge in [-0.25, -0.2) is 4.79 Å². The Bertz CT molecular complexity index is 456. The molecule has 19 heavy (non-hydrogen) atoms. The molecule has 1 aromatic carbocycles. The summed E-state index contributed by atoms with van der Waals surface area (Å²) >= 11 is 0. The van der Waals surface area contributed by atoms with Gasteiger partial charge >= 0.3 is 5.97 Å². The normalized spacial score (nSPS) is 11.5. The maximum Gasteiger partial charge on any atom is 0.379 e. The number of rotatable bonds is 6. The molecule has 0 bridgehead atoms. The molecule has 0 saturated carbocycles. The lowest BCUT2D eigenvalue weighted by Crippen LogP contribution is -2.22. The average Bonchev–Trinajstić information content (AvgIpc) is 2.38. The van der Waals surface area contributed by atoms with Crippen molar-refractivity contribution in [3.63, 3.8) is 0 Å². The Kier molecular flexibility index (Phi) is 6.00. The smallest absolute Gasteiger partial charge is 0.379 e. The Labute approximate surface area is 114 Å². The summed E-state index contributed by atoms with van der Waals surface area (Å²) in [5.74, 6) is -1.37. The molecule has 0 aliphatic rings. The number of ether oxygens (including phenoxy) is 1. The lowest BCUT2D eigenvalue weighted by atomic mass is 10.1. The van der Waals surface area contributed by atoms with Crippen molar-refractivity contribution in [3.8, 4) is 0 Å². The molecule has 0 aliphatic carbocycles. The maximum absolute atomic E-state index is 11.8. The highest BCUT2D eigenvalue weighted by Gasteiger charge is 2.19. The summed E-state index contributed by atoms with van der Waals surface area (Å²) in [6, 6.07) is 8.45. The van der Waals surface area contributed by atoms with Crippen molar-refractivity contribution in [1.82, 2.24) is 0 Å². The fraction of sp³-hybridized carbons (Fsp3) is 0.375. The van der Waals surface area contributed by atoms with Gasteiger partial charge in [-0.3, -0.25) is 4.79 Å². The third-order valence-corrected chi connectivity index (χ3v) is 2.66. The van der Waals surface area contributed by atoms with E-state index in [1.165, 1.54) is 5.57 Å². The number of esters is 1. The van der Waals surface area contributed by atoms with Gasteiger partial charge in [-0.2, -0.15) is 0 Å². The summed E-state index contributed by atoms with van der Waals surface area (Å²) in [6.07, 6.45) is 3.40. The molecule has 0 amide bonds. The third kappa shape index (κ3) is 5.51. The van der Waals surface area contributed by atoms with E-state index in [9.17, 15) is 9.59 Å². The Morgan fingerprint density at radius 1 is 1.21 bits per heavy atom. The first-order valence-electron chi connectivity index (χ1n) is 6.44. The van der Waals surface area contributed by atoms with E-state index in [1.807, 2.05) is 13.8 Å². The number of allylic oxidation sites excluding steroid dienone is 2. The molecular formula is C16H20O3. The first kappa shape index (κ1) is 15.2. The molecule has 0 spiro atoms. The van der Waals surface area contributed by atoms with Crippen molar-refractivity contribution in [2.24, 2.45) is 0 Å². The quantitative estimate of drug-likeness (QED) is 0.340. The molecule has 1 unspecified atom stereocenters. The van der Waals surface area contributed by atoms with E-state index in [0.29, 0.717) is 5.56 Å². The van der Waals surface area contributed by atoms with Gasteiger partial charge in [0.05, 0.1) is 6.10 Å². The molecule has 102 valence electrons. The summed E-state index contributed by atoms with van der Waals surface area (Å²) in [4.78, 5) is 23.4. The predicted molar refractivity (Wildman–Crippen MR) is 75.0 cm³/mol. The van der Waals surface area contributed by atoms with E-state index in [1.54, 1.807) is 37.3 Å². The van der Waals surface area contributed by atoms with E-state index < -0.39 is 11.8 Å². The van der Waals surface area contributed by atoms with E-state index in [4.69, 9.17) is 4.74 Å². The first-order chi connectivity index (χ1) is 9.00. The minimum atomic E-state index is -0.782. The van der Waals surface area contributed by atoms with Gasteiger partial charge in [-0.05, 0) is 33.6 Å². The largest absolute Gasteiger partial charge is 0.457 e. The van der Waals surface area contributed by atoms with E-state index in [-0.39, 0.29) is 6.10 Å². The van der Waals surface area contributed by atoms with Gasteiger partial charge in [0, 0.05) is 5.56 Å². The zero-order chi connectivity index (χ0) is 14.3. The molecule has 3 nitrogen and oxygen atoms in total. The molecule has 1 aromatic rings. The van der Waals surface area contributed by atoms with Crippen LogP contribution in [0.3, 0.4) is 0 Å². The van der Waals surface area contributed by atoms with Crippen molar-refractivity contribution in [2.75, 3.05) is 0 Å². The Morgan fingerprint density at radius 2 is 1.84 bits per heavy atom. The Hall–Kier alpha value is -1.90. The highest BCUT2D eigenvalue weighted by atomic mass is 16.5. The maximum atomic E-state index is 11.8. The van der Waals surface area contributed by atoms with Crippen molar-refractivity contribution < 1.29 is 14.3 Å². The van der Waals surface area contributed by atoms with Gasteiger partial charge in [0.2, 0.25) is 0 Å². The van der Waals surface area contributed by atoms with Crippen molar-refractivity contribution >= 4 is 11.8 Å². The van der Waals surface area contributed by atoms with Crippen LogP contribution < -0.4 is 0 Å². The van der Waals surface area contributed by atoms with Crippen LogP contribution in [0.5, 0.6) is 0 Å². The molecule has 0 aliphatic heterocycles. The molecule has 0 N–H and O–H groups in total. The van der Waals surface area contributed by atoms with Gasteiger partial charge < -0.3 is 4.74 Å².